The Bertz CT molecular complexity index is 1030. The van der Waals surface area contributed by atoms with Gasteiger partial charge < -0.3 is 5.32 Å². The molecule has 0 bridgehead atoms. The van der Waals surface area contributed by atoms with E-state index in [1.165, 1.54) is 28.5 Å². The lowest BCUT2D eigenvalue weighted by molar-refractivity contribution is -0.385. The number of thiazole rings is 1. The summed E-state index contributed by atoms with van der Waals surface area (Å²) in [5, 5.41) is 16.2. The predicted octanol–water partition coefficient (Wildman–Crippen LogP) is 4.82. The third kappa shape index (κ3) is 4.20. The average molecular weight is 381 g/mol. The van der Waals surface area contributed by atoms with Crippen molar-refractivity contribution in [2.24, 2.45) is 0 Å². The van der Waals surface area contributed by atoms with Crippen LogP contribution in [0.25, 0.3) is 11.3 Å². The highest BCUT2D eigenvalue weighted by molar-refractivity contribution is 7.14. The maximum atomic E-state index is 12.3. The molecule has 7 heteroatoms. The van der Waals surface area contributed by atoms with E-state index in [1.54, 1.807) is 18.2 Å². The van der Waals surface area contributed by atoms with Gasteiger partial charge in [0, 0.05) is 22.6 Å². The molecule has 138 valence electrons. The van der Waals surface area contributed by atoms with E-state index in [1.807, 2.05) is 12.3 Å². The third-order valence-corrected chi connectivity index (χ3v) is 5.16. The van der Waals surface area contributed by atoms with E-state index in [2.05, 4.69) is 36.3 Å². The second kappa shape index (κ2) is 7.67. The topological polar surface area (TPSA) is 85.1 Å². The van der Waals surface area contributed by atoms with Gasteiger partial charge in [-0.3, -0.25) is 14.9 Å². The molecular weight excluding hydrogens is 362 g/mol. The molecule has 6 nitrogen and oxygen atoms in total. The minimum atomic E-state index is -0.480. The van der Waals surface area contributed by atoms with Gasteiger partial charge in [0.2, 0.25) is 5.91 Å². The van der Waals surface area contributed by atoms with E-state index < -0.39 is 4.92 Å². The zero-order valence-corrected chi connectivity index (χ0v) is 16.1. The molecule has 2 aromatic carbocycles. The van der Waals surface area contributed by atoms with Crippen molar-refractivity contribution in [2.45, 2.75) is 27.2 Å². The highest BCUT2D eigenvalue weighted by Gasteiger charge is 2.17. The van der Waals surface area contributed by atoms with Crippen molar-refractivity contribution in [3.63, 3.8) is 0 Å². The van der Waals surface area contributed by atoms with Crippen LogP contribution in [-0.4, -0.2) is 15.8 Å². The van der Waals surface area contributed by atoms with Crippen molar-refractivity contribution < 1.29 is 9.72 Å². The average Bonchev–Trinajstić information content (AvgIpc) is 3.06. The Morgan fingerprint density at radius 1 is 1.15 bits per heavy atom. The van der Waals surface area contributed by atoms with Crippen LogP contribution in [0.15, 0.2) is 41.8 Å². The maximum absolute atomic E-state index is 12.3. The number of amides is 1. The number of carbonyl (C=O) groups excluding carboxylic acids is 1. The zero-order valence-electron chi connectivity index (χ0n) is 15.3. The Morgan fingerprint density at radius 2 is 1.85 bits per heavy atom. The smallest absolute Gasteiger partial charge is 0.273 e. The first-order chi connectivity index (χ1) is 12.8. The molecule has 0 aliphatic rings. The van der Waals surface area contributed by atoms with Gasteiger partial charge in [-0.05, 0) is 43.5 Å². The van der Waals surface area contributed by atoms with Gasteiger partial charge in [0.1, 0.15) is 0 Å². The number of hydrogen-bond acceptors (Lipinski definition) is 5. The summed E-state index contributed by atoms with van der Waals surface area (Å²) >= 11 is 1.34. The number of carbonyl (C=O) groups is 1. The van der Waals surface area contributed by atoms with E-state index >= 15 is 0 Å². The van der Waals surface area contributed by atoms with E-state index in [-0.39, 0.29) is 18.0 Å². The SMILES string of the molecule is Cc1cc(C)c(-c2csc(NC(=O)Cc3ccccc3[N+](=O)[O-])n2)cc1C. The Hall–Kier alpha value is -3.06. The molecule has 1 heterocycles. The molecule has 1 N–H and O–H groups in total. The van der Waals surface area contributed by atoms with Crippen LogP contribution in [-0.2, 0) is 11.2 Å². The van der Waals surface area contributed by atoms with Crippen molar-refractivity contribution in [3.8, 4) is 11.3 Å². The minimum Gasteiger partial charge on any atom is -0.302 e. The standard InChI is InChI=1S/C20H19N3O3S/c1-12-8-14(3)16(9-13(12)2)17-11-27-20(21-17)22-19(24)10-15-6-4-5-7-18(15)23(25)26/h4-9,11H,10H2,1-3H3,(H,21,22,24). The number of aryl methyl sites for hydroxylation is 3. The monoisotopic (exact) mass is 381 g/mol. The molecule has 1 amide bonds. The first-order valence-corrected chi connectivity index (χ1v) is 9.29. The highest BCUT2D eigenvalue weighted by atomic mass is 32.1. The number of nitro groups is 1. The van der Waals surface area contributed by atoms with Crippen molar-refractivity contribution in [2.75, 3.05) is 5.32 Å². The molecular formula is C20H19N3O3S. The van der Waals surface area contributed by atoms with Gasteiger partial charge in [0.25, 0.3) is 5.69 Å². The molecule has 3 aromatic rings. The summed E-state index contributed by atoms with van der Waals surface area (Å²) in [5.74, 6) is -0.331. The molecule has 0 unspecified atom stereocenters. The Kier molecular flexibility index (Phi) is 5.32. The maximum Gasteiger partial charge on any atom is 0.273 e. The van der Waals surface area contributed by atoms with E-state index in [0.717, 1.165) is 16.8 Å². The van der Waals surface area contributed by atoms with E-state index in [0.29, 0.717) is 10.7 Å². The molecule has 0 saturated carbocycles. The number of nitro benzene ring substituents is 1. The molecule has 27 heavy (non-hydrogen) atoms. The Balaban J connectivity index is 1.76. The molecule has 0 radical (unpaired) electrons. The van der Waals surface area contributed by atoms with Gasteiger partial charge >= 0.3 is 0 Å². The lowest BCUT2D eigenvalue weighted by atomic mass is 9.99. The fourth-order valence-electron chi connectivity index (χ4n) is 2.87. The fraction of sp³-hybridized carbons (Fsp3) is 0.200. The summed E-state index contributed by atoms with van der Waals surface area (Å²) in [6.07, 6.45) is -0.0747. The highest BCUT2D eigenvalue weighted by Crippen LogP contribution is 2.29. The Morgan fingerprint density at radius 3 is 2.59 bits per heavy atom. The largest absolute Gasteiger partial charge is 0.302 e. The lowest BCUT2D eigenvalue weighted by Gasteiger charge is -2.07. The Labute approximate surface area is 161 Å². The van der Waals surface area contributed by atoms with Crippen LogP contribution in [0.5, 0.6) is 0 Å². The molecule has 0 aliphatic carbocycles. The van der Waals surface area contributed by atoms with Crippen LogP contribution < -0.4 is 5.32 Å². The van der Waals surface area contributed by atoms with Crippen molar-refractivity contribution >= 4 is 28.1 Å². The summed E-state index contributed by atoms with van der Waals surface area (Å²) < 4.78 is 0. The van der Waals surface area contributed by atoms with Crippen LogP contribution in [0.3, 0.4) is 0 Å². The van der Waals surface area contributed by atoms with Gasteiger partial charge in [-0.1, -0.05) is 24.3 Å². The molecule has 0 saturated heterocycles. The van der Waals surface area contributed by atoms with Crippen LogP contribution in [0.1, 0.15) is 22.3 Å². The summed E-state index contributed by atoms with van der Waals surface area (Å²) in [7, 11) is 0. The second-order valence-corrected chi connectivity index (χ2v) is 7.26. The normalized spacial score (nSPS) is 10.6. The fourth-order valence-corrected chi connectivity index (χ4v) is 3.59. The molecule has 0 atom stereocenters. The van der Waals surface area contributed by atoms with Crippen molar-refractivity contribution in [1.29, 1.82) is 0 Å². The molecule has 0 aliphatic heterocycles. The summed E-state index contributed by atoms with van der Waals surface area (Å²) in [6.45, 7) is 6.16. The number of aromatic nitrogens is 1. The van der Waals surface area contributed by atoms with Crippen LogP contribution in [0, 0.1) is 30.9 Å². The summed E-state index contributed by atoms with van der Waals surface area (Å²) in [6, 6.07) is 10.5. The quantitative estimate of drug-likeness (QED) is 0.507. The predicted molar refractivity (Wildman–Crippen MR) is 107 cm³/mol. The number of rotatable bonds is 5. The number of para-hydroxylation sites is 1. The first kappa shape index (κ1) is 18.7. The van der Waals surface area contributed by atoms with Gasteiger partial charge in [-0.2, -0.15) is 0 Å². The third-order valence-electron chi connectivity index (χ3n) is 4.41. The lowest BCUT2D eigenvalue weighted by Crippen LogP contribution is -2.15. The van der Waals surface area contributed by atoms with Crippen LogP contribution in [0.4, 0.5) is 10.8 Å². The molecule has 0 spiro atoms. The minimum absolute atomic E-state index is 0.0572. The number of benzene rings is 2. The first-order valence-electron chi connectivity index (χ1n) is 8.41. The second-order valence-electron chi connectivity index (χ2n) is 6.40. The van der Waals surface area contributed by atoms with Gasteiger partial charge in [-0.15, -0.1) is 11.3 Å². The van der Waals surface area contributed by atoms with Gasteiger partial charge in [0.05, 0.1) is 17.0 Å². The summed E-state index contributed by atoms with van der Waals surface area (Å²) in [5.41, 5.74) is 5.70. The van der Waals surface area contributed by atoms with E-state index in [9.17, 15) is 14.9 Å². The molecule has 3 rings (SSSR count). The molecule has 1 aromatic heterocycles. The number of nitrogens with one attached hydrogen (secondary N) is 1. The zero-order chi connectivity index (χ0) is 19.6. The number of nitrogens with zero attached hydrogens (tertiary/aromatic N) is 2. The van der Waals surface area contributed by atoms with Crippen molar-refractivity contribution in [3.05, 3.63) is 74.1 Å². The van der Waals surface area contributed by atoms with Crippen molar-refractivity contribution in [1.82, 2.24) is 4.98 Å². The molecule has 0 fully saturated rings. The van der Waals surface area contributed by atoms with Gasteiger partial charge in [-0.25, -0.2) is 4.98 Å². The van der Waals surface area contributed by atoms with Crippen LogP contribution in [0.2, 0.25) is 0 Å². The van der Waals surface area contributed by atoms with E-state index in [4.69, 9.17) is 0 Å². The van der Waals surface area contributed by atoms with Gasteiger partial charge in [0.15, 0.2) is 5.13 Å². The summed E-state index contributed by atoms with van der Waals surface area (Å²) in [4.78, 5) is 27.4. The van der Waals surface area contributed by atoms with Crippen LogP contribution >= 0.6 is 11.3 Å². The number of anilines is 1. The number of hydrogen-bond donors (Lipinski definition) is 1.